The van der Waals surface area contributed by atoms with Crippen LogP contribution in [0.15, 0.2) is 72.3 Å². The number of carbonyl (C=O) groups is 1. The molecule has 0 heterocycles. The Morgan fingerprint density at radius 1 is 0.962 bits per heavy atom. The molecule has 3 heteroatoms. The normalized spacial score (nSPS) is 13.9. The maximum absolute atomic E-state index is 12.8. The summed E-state index contributed by atoms with van der Waals surface area (Å²) in [5.41, 5.74) is 3.62. The van der Waals surface area contributed by atoms with E-state index in [1.54, 1.807) is 5.57 Å². The summed E-state index contributed by atoms with van der Waals surface area (Å²) < 4.78 is 0. The predicted octanol–water partition coefficient (Wildman–Crippen LogP) is 4.70. The highest BCUT2D eigenvalue weighted by Gasteiger charge is 2.15. The van der Waals surface area contributed by atoms with Gasteiger partial charge in [-0.05, 0) is 56.3 Å². The van der Waals surface area contributed by atoms with Crippen molar-refractivity contribution in [3.8, 4) is 0 Å². The summed E-state index contributed by atoms with van der Waals surface area (Å²) in [7, 11) is 0. The molecular weight excluding hydrogens is 320 g/mol. The van der Waals surface area contributed by atoms with Gasteiger partial charge in [0.25, 0.3) is 0 Å². The highest BCUT2D eigenvalue weighted by atomic mass is 16.2. The van der Waals surface area contributed by atoms with E-state index < -0.39 is 0 Å². The highest BCUT2D eigenvalue weighted by Crippen LogP contribution is 2.19. The molecule has 2 aromatic carbocycles. The molecule has 1 aliphatic carbocycles. The molecule has 1 N–H and O–H groups in total. The van der Waals surface area contributed by atoms with Gasteiger partial charge in [-0.1, -0.05) is 60.2 Å². The molecule has 0 saturated carbocycles. The Morgan fingerprint density at radius 2 is 1.69 bits per heavy atom. The lowest BCUT2D eigenvalue weighted by Crippen LogP contribution is -2.38. The molecule has 0 bridgehead atoms. The zero-order chi connectivity index (χ0) is 18.0. The van der Waals surface area contributed by atoms with Crippen LogP contribution >= 0.6 is 0 Å². The van der Waals surface area contributed by atoms with Gasteiger partial charge in [-0.2, -0.15) is 0 Å². The Labute approximate surface area is 156 Å². The van der Waals surface area contributed by atoms with Gasteiger partial charge >= 0.3 is 0 Å². The van der Waals surface area contributed by atoms with Gasteiger partial charge < -0.3 is 10.2 Å². The lowest BCUT2D eigenvalue weighted by Gasteiger charge is -2.23. The Kier molecular flexibility index (Phi) is 7.03. The van der Waals surface area contributed by atoms with Crippen LogP contribution in [0.2, 0.25) is 0 Å². The van der Waals surface area contributed by atoms with Gasteiger partial charge in [0.1, 0.15) is 0 Å². The van der Waals surface area contributed by atoms with Crippen molar-refractivity contribution in [1.82, 2.24) is 5.32 Å². The van der Waals surface area contributed by atoms with Crippen molar-refractivity contribution >= 4 is 11.6 Å². The Morgan fingerprint density at radius 3 is 2.38 bits per heavy atom. The lowest BCUT2D eigenvalue weighted by molar-refractivity contribution is -0.117. The fraction of sp³-hybridized carbons (Fsp3) is 0.348. The second-order valence-electron chi connectivity index (χ2n) is 6.84. The third kappa shape index (κ3) is 5.57. The van der Waals surface area contributed by atoms with Crippen molar-refractivity contribution in [3.05, 3.63) is 77.9 Å². The van der Waals surface area contributed by atoms with E-state index in [0.717, 1.165) is 24.2 Å². The summed E-state index contributed by atoms with van der Waals surface area (Å²) in [6, 6.07) is 20.1. The molecule has 1 aliphatic rings. The van der Waals surface area contributed by atoms with Crippen LogP contribution in [-0.4, -0.2) is 19.0 Å². The quantitative estimate of drug-likeness (QED) is 0.554. The highest BCUT2D eigenvalue weighted by molar-refractivity contribution is 5.94. The Balaban J connectivity index is 1.57. The molecule has 0 unspecified atom stereocenters. The summed E-state index contributed by atoms with van der Waals surface area (Å²) in [6.45, 7) is 1.83. The molecule has 0 radical (unpaired) electrons. The van der Waals surface area contributed by atoms with E-state index in [4.69, 9.17) is 0 Å². The van der Waals surface area contributed by atoms with Gasteiger partial charge in [0.2, 0.25) is 5.91 Å². The molecule has 26 heavy (non-hydrogen) atoms. The second kappa shape index (κ2) is 9.93. The summed E-state index contributed by atoms with van der Waals surface area (Å²) >= 11 is 0. The first-order chi connectivity index (χ1) is 12.8. The molecule has 0 fully saturated rings. The van der Waals surface area contributed by atoms with E-state index in [9.17, 15) is 4.79 Å². The topological polar surface area (TPSA) is 32.3 Å². The van der Waals surface area contributed by atoms with Crippen molar-refractivity contribution in [2.75, 3.05) is 18.0 Å². The Bertz CT molecular complexity index is 710. The first-order valence-corrected chi connectivity index (χ1v) is 9.61. The SMILES string of the molecule is O=C(CNCCC1=CCCCC1)N(Cc1ccccc1)c1ccccc1. The number of amides is 1. The predicted molar refractivity (Wildman–Crippen MR) is 108 cm³/mol. The fourth-order valence-corrected chi connectivity index (χ4v) is 3.37. The molecule has 3 rings (SSSR count). The van der Waals surface area contributed by atoms with Crippen LogP contribution in [0.25, 0.3) is 0 Å². The first-order valence-electron chi connectivity index (χ1n) is 9.61. The minimum atomic E-state index is 0.109. The molecule has 0 aliphatic heterocycles. The summed E-state index contributed by atoms with van der Waals surface area (Å²) in [5.74, 6) is 0.109. The number of allylic oxidation sites excluding steroid dienone is 1. The van der Waals surface area contributed by atoms with Crippen LogP contribution in [-0.2, 0) is 11.3 Å². The van der Waals surface area contributed by atoms with Crippen molar-refractivity contribution in [2.45, 2.75) is 38.6 Å². The lowest BCUT2D eigenvalue weighted by atomic mass is 9.97. The van der Waals surface area contributed by atoms with E-state index in [1.165, 1.54) is 25.7 Å². The fourth-order valence-electron chi connectivity index (χ4n) is 3.37. The molecule has 136 valence electrons. The molecule has 0 atom stereocenters. The number of rotatable bonds is 8. The minimum absolute atomic E-state index is 0.109. The number of hydrogen-bond acceptors (Lipinski definition) is 2. The molecule has 0 aromatic heterocycles. The zero-order valence-corrected chi connectivity index (χ0v) is 15.4. The largest absolute Gasteiger partial charge is 0.308 e. The van der Waals surface area contributed by atoms with Gasteiger partial charge in [-0.25, -0.2) is 0 Å². The van der Waals surface area contributed by atoms with Crippen molar-refractivity contribution in [3.63, 3.8) is 0 Å². The average Bonchev–Trinajstić information content (AvgIpc) is 2.71. The minimum Gasteiger partial charge on any atom is -0.308 e. The van der Waals surface area contributed by atoms with Crippen molar-refractivity contribution in [1.29, 1.82) is 0 Å². The number of nitrogens with one attached hydrogen (secondary N) is 1. The summed E-state index contributed by atoms with van der Waals surface area (Å²) in [4.78, 5) is 14.7. The molecule has 0 spiro atoms. The van der Waals surface area contributed by atoms with Crippen molar-refractivity contribution < 1.29 is 4.79 Å². The first kappa shape index (κ1) is 18.4. The van der Waals surface area contributed by atoms with Gasteiger partial charge in [-0.15, -0.1) is 0 Å². The third-order valence-corrected chi connectivity index (χ3v) is 4.84. The number of nitrogens with zero attached hydrogens (tertiary/aromatic N) is 1. The van der Waals surface area contributed by atoms with E-state index in [0.29, 0.717) is 13.1 Å². The van der Waals surface area contributed by atoms with Crippen LogP contribution in [0.3, 0.4) is 0 Å². The van der Waals surface area contributed by atoms with Crippen LogP contribution in [0, 0.1) is 0 Å². The van der Waals surface area contributed by atoms with E-state index >= 15 is 0 Å². The van der Waals surface area contributed by atoms with Crippen molar-refractivity contribution in [2.24, 2.45) is 0 Å². The molecule has 1 amide bonds. The number of benzene rings is 2. The maximum atomic E-state index is 12.8. The molecule has 3 nitrogen and oxygen atoms in total. The van der Waals surface area contributed by atoms with Crippen LogP contribution in [0.5, 0.6) is 0 Å². The third-order valence-electron chi connectivity index (χ3n) is 4.84. The van der Waals surface area contributed by atoms with Crippen LogP contribution in [0.1, 0.15) is 37.7 Å². The van der Waals surface area contributed by atoms with Gasteiger partial charge in [0, 0.05) is 5.69 Å². The van der Waals surface area contributed by atoms with Gasteiger partial charge in [-0.3, -0.25) is 4.79 Å². The standard InChI is InChI=1S/C23H28N2O/c26-23(18-24-17-16-20-10-4-1-5-11-20)25(22-14-8-3-9-15-22)19-21-12-6-2-7-13-21/h2-3,6-10,12-15,24H,1,4-5,11,16-19H2. The second-order valence-corrected chi connectivity index (χ2v) is 6.84. The number of carbonyl (C=O) groups excluding carboxylic acids is 1. The Hall–Kier alpha value is -2.39. The molecular formula is C23H28N2O. The number of anilines is 1. The van der Waals surface area contributed by atoms with Crippen LogP contribution < -0.4 is 10.2 Å². The van der Waals surface area contributed by atoms with Gasteiger partial charge in [0.05, 0.1) is 13.1 Å². The summed E-state index contributed by atoms with van der Waals surface area (Å²) in [5, 5.41) is 3.34. The van der Waals surface area contributed by atoms with E-state index in [-0.39, 0.29) is 5.91 Å². The van der Waals surface area contributed by atoms with E-state index in [2.05, 4.69) is 23.5 Å². The number of hydrogen-bond donors (Lipinski definition) is 1. The monoisotopic (exact) mass is 348 g/mol. The molecule has 2 aromatic rings. The average molecular weight is 348 g/mol. The maximum Gasteiger partial charge on any atom is 0.241 e. The zero-order valence-electron chi connectivity index (χ0n) is 15.4. The number of para-hydroxylation sites is 1. The summed E-state index contributed by atoms with van der Waals surface area (Å²) in [6.07, 6.45) is 8.49. The molecule has 0 saturated heterocycles. The van der Waals surface area contributed by atoms with E-state index in [1.807, 2.05) is 53.4 Å². The smallest absolute Gasteiger partial charge is 0.241 e. The van der Waals surface area contributed by atoms with Gasteiger partial charge in [0.15, 0.2) is 0 Å². The van der Waals surface area contributed by atoms with Crippen LogP contribution in [0.4, 0.5) is 5.69 Å².